The van der Waals surface area contributed by atoms with Crippen LogP contribution >= 0.6 is 0 Å². The summed E-state index contributed by atoms with van der Waals surface area (Å²) in [4.78, 5) is 27.0. The van der Waals surface area contributed by atoms with Crippen LogP contribution in [0.15, 0.2) is 42.5 Å². The molecule has 1 heterocycles. The predicted octanol–water partition coefficient (Wildman–Crippen LogP) is 3.93. The molecule has 0 spiro atoms. The predicted molar refractivity (Wildman–Crippen MR) is 99.6 cm³/mol. The lowest BCUT2D eigenvalue weighted by Gasteiger charge is -2.32. The number of likely N-dealkylation sites (tertiary alicyclic amines) is 1. The van der Waals surface area contributed by atoms with E-state index in [1.165, 1.54) is 24.3 Å². The normalized spacial score (nSPS) is 17.0. The molecule has 0 aromatic heterocycles. The average molecular weight is 354 g/mol. The van der Waals surface area contributed by atoms with Gasteiger partial charge in [-0.15, -0.1) is 0 Å². The number of benzene rings is 2. The van der Waals surface area contributed by atoms with E-state index in [4.69, 9.17) is 0 Å². The molecule has 2 amide bonds. The number of carbonyl (C=O) groups is 2. The molecule has 1 atom stereocenters. The van der Waals surface area contributed by atoms with Gasteiger partial charge in [-0.25, -0.2) is 4.39 Å². The van der Waals surface area contributed by atoms with E-state index in [9.17, 15) is 14.0 Å². The number of rotatable bonds is 3. The van der Waals surface area contributed by atoms with Crippen LogP contribution < -0.4 is 5.32 Å². The van der Waals surface area contributed by atoms with Gasteiger partial charge < -0.3 is 10.2 Å². The molecular formula is C21H23FN2O2. The van der Waals surface area contributed by atoms with Crippen molar-refractivity contribution in [2.24, 2.45) is 5.92 Å². The maximum absolute atomic E-state index is 13.1. The van der Waals surface area contributed by atoms with Gasteiger partial charge in [-0.1, -0.05) is 18.2 Å². The van der Waals surface area contributed by atoms with Crippen molar-refractivity contribution in [3.05, 3.63) is 65.0 Å². The quantitative estimate of drug-likeness (QED) is 0.908. The molecule has 1 aliphatic rings. The van der Waals surface area contributed by atoms with Crippen LogP contribution in [-0.2, 0) is 4.79 Å². The fraction of sp³-hybridized carbons (Fsp3) is 0.333. The van der Waals surface area contributed by atoms with Gasteiger partial charge in [0.15, 0.2) is 0 Å². The lowest BCUT2D eigenvalue weighted by Crippen LogP contribution is -2.43. The van der Waals surface area contributed by atoms with Crippen LogP contribution in [0, 0.1) is 25.6 Å². The van der Waals surface area contributed by atoms with Crippen LogP contribution in [0.1, 0.15) is 34.3 Å². The number of anilines is 1. The molecule has 1 saturated heterocycles. The zero-order chi connectivity index (χ0) is 18.7. The summed E-state index contributed by atoms with van der Waals surface area (Å²) in [6.45, 7) is 4.93. The highest BCUT2D eigenvalue weighted by molar-refractivity contribution is 5.96. The summed E-state index contributed by atoms with van der Waals surface area (Å²) in [5.41, 5.74) is 3.34. The van der Waals surface area contributed by atoms with E-state index in [-0.39, 0.29) is 23.5 Å². The van der Waals surface area contributed by atoms with E-state index in [1.54, 1.807) is 4.90 Å². The van der Waals surface area contributed by atoms with E-state index >= 15 is 0 Å². The fourth-order valence-corrected chi connectivity index (χ4v) is 3.39. The molecule has 1 fully saturated rings. The van der Waals surface area contributed by atoms with Crippen molar-refractivity contribution in [3.8, 4) is 0 Å². The number of hydrogen-bond acceptors (Lipinski definition) is 2. The third-order valence-electron chi connectivity index (χ3n) is 4.90. The molecule has 26 heavy (non-hydrogen) atoms. The molecule has 0 radical (unpaired) electrons. The molecule has 136 valence electrons. The van der Waals surface area contributed by atoms with Crippen molar-refractivity contribution < 1.29 is 14.0 Å². The van der Waals surface area contributed by atoms with Gasteiger partial charge in [-0.2, -0.15) is 0 Å². The summed E-state index contributed by atoms with van der Waals surface area (Å²) >= 11 is 0. The van der Waals surface area contributed by atoms with E-state index in [1.807, 2.05) is 32.0 Å². The minimum Gasteiger partial charge on any atom is -0.338 e. The molecule has 0 saturated carbocycles. The first kappa shape index (κ1) is 18.1. The Bertz CT molecular complexity index is 797. The van der Waals surface area contributed by atoms with Gasteiger partial charge in [-0.05, 0) is 62.1 Å². The van der Waals surface area contributed by atoms with Crippen molar-refractivity contribution in [1.82, 2.24) is 4.90 Å². The summed E-state index contributed by atoms with van der Waals surface area (Å²) in [6, 6.07) is 11.4. The number of hydrogen-bond donors (Lipinski definition) is 1. The topological polar surface area (TPSA) is 49.4 Å². The first-order chi connectivity index (χ1) is 12.5. The number of carbonyl (C=O) groups excluding carboxylic acids is 2. The minimum atomic E-state index is -0.369. The van der Waals surface area contributed by atoms with Gasteiger partial charge in [0.2, 0.25) is 5.91 Å². The first-order valence-corrected chi connectivity index (χ1v) is 8.87. The highest BCUT2D eigenvalue weighted by atomic mass is 19.1. The first-order valence-electron chi connectivity index (χ1n) is 8.87. The molecule has 1 aliphatic heterocycles. The highest BCUT2D eigenvalue weighted by Crippen LogP contribution is 2.24. The van der Waals surface area contributed by atoms with Crippen LogP contribution in [0.2, 0.25) is 0 Å². The van der Waals surface area contributed by atoms with Crippen LogP contribution in [0.25, 0.3) is 0 Å². The number of piperidine rings is 1. The Labute approximate surface area is 153 Å². The second-order valence-electron chi connectivity index (χ2n) is 6.85. The second kappa shape index (κ2) is 7.68. The standard InChI is InChI=1S/C21H23FN2O2/c1-14-5-3-6-15(2)19(14)23-20(25)17-7-4-12-24(13-17)21(26)16-8-10-18(22)11-9-16/h3,5-6,8-11,17H,4,7,12-13H2,1-2H3,(H,23,25)/t17-/m0/s1. The zero-order valence-corrected chi connectivity index (χ0v) is 15.1. The van der Waals surface area contributed by atoms with E-state index in [0.717, 1.165) is 29.7 Å². The molecule has 0 bridgehead atoms. The number of para-hydroxylation sites is 1. The molecule has 2 aromatic carbocycles. The maximum atomic E-state index is 13.1. The van der Waals surface area contributed by atoms with E-state index in [0.29, 0.717) is 18.7 Å². The Hall–Kier alpha value is -2.69. The van der Waals surface area contributed by atoms with Crippen LogP contribution in [-0.4, -0.2) is 29.8 Å². The van der Waals surface area contributed by atoms with Crippen molar-refractivity contribution in [2.45, 2.75) is 26.7 Å². The summed E-state index contributed by atoms with van der Waals surface area (Å²) in [7, 11) is 0. The van der Waals surface area contributed by atoms with Gasteiger partial charge in [0.05, 0.1) is 5.92 Å². The summed E-state index contributed by atoms with van der Waals surface area (Å²) in [6.07, 6.45) is 1.53. The number of aryl methyl sites for hydroxylation is 2. The molecule has 5 heteroatoms. The molecule has 0 unspecified atom stereocenters. The highest BCUT2D eigenvalue weighted by Gasteiger charge is 2.29. The lowest BCUT2D eigenvalue weighted by molar-refractivity contribution is -0.121. The summed E-state index contributed by atoms with van der Waals surface area (Å²) < 4.78 is 13.1. The third-order valence-corrected chi connectivity index (χ3v) is 4.90. The van der Waals surface area contributed by atoms with Crippen molar-refractivity contribution in [2.75, 3.05) is 18.4 Å². The molecule has 3 rings (SSSR count). The Morgan fingerprint density at radius 2 is 1.73 bits per heavy atom. The number of nitrogens with one attached hydrogen (secondary N) is 1. The van der Waals surface area contributed by atoms with E-state index in [2.05, 4.69) is 5.32 Å². The molecule has 1 N–H and O–H groups in total. The number of nitrogens with zero attached hydrogens (tertiary/aromatic N) is 1. The van der Waals surface area contributed by atoms with Crippen molar-refractivity contribution in [1.29, 1.82) is 0 Å². The Morgan fingerprint density at radius 1 is 1.08 bits per heavy atom. The molecule has 2 aromatic rings. The Kier molecular flexibility index (Phi) is 5.35. The average Bonchev–Trinajstić information content (AvgIpc) is 2.65. The zero-order valence-electron chi connectivity index (χ0n) is 15.1. The largest absolute Gasteiger partial charge is 0.338 e. The summed E-state index contributed by atoms with van der Waals surface area (Å²) in [5, 5.41) is 3.03. The Morgan fingerprint density at radius 3 is 2.38 bits per heavy atom. The van der Waals surface area contributed by atoms with Crippen LogP contribution in [0.4, 0.5) is 10.1 Å². The molecular weight excluding hydrogens is 331 g/mol. The van der Waals surface area contributed by atoms with Gasteiger partial charge in [0, 0.05) is 24.3 Å². The summed E-state index contributed by atoms with van der Waals surface area (Å²) in [5.74, 6) is -0.827. The SMILES string of the molecule is Cc1cccc(C)c1NC(=O)[C@H]1CCCN(C(=O)c2ccc(F)cc2)C1. The Balaban J connectivity index is 1.69. The number of amides is 2. The number of halogens is 1. The molecule has 4 nitrogen and oxygen atoms in total. The van der Waals surface area contributed by atoms with Gasteiger partial charge >= 0.3 is 0 Å². The van der Waals surface area contributed by atoms with Crippen LogP contribution in [0.5, 0.6) is 0 Å². The van der Waals surface area contributed by atoms with Crippen LogP contribution in [0.3, 0.4) is 0 Å². The lowest BCUT2D eigenvalue weighted by atomic mass is 9.96. The van der Waals surface area contributed by atoms with Gasteiger partial charge in [-0.3, -0.25) is 9.59 Å². The van der Waals surface area contributed by atoms with Gasteiger partial charge in [0.1, 0.15) is 5.82 Å². The van der Waals surface area contributed by atoms with E-state index < -0.39 is 0 Å². The van der Waals surface area contributed by atoms with Crippen molar-refractivity contribution >= 4 is 17.5 Å². The monoisotopic (exact) mass is 354 g/mol. The second-order valence-corrected chi connectivity index (χ2v) is 6.85. The third kappa shape index (κ3) is 3.93. The van der Waals surface area contributed by atoms with Crippen molar-refractivity contribution in [3.63, 3.8) is 0 Å². The smallest absolute Gasteiger partial charge is 0.253 e. The van der Waals surface area contributed by atoms with Gasteiger partial charge in [0.25, 0.3) is 5.91 Å². The minimum absolute atomic E-state index is 0.0565. The fourth-order valence-electron chi connectivity index (χ4n) is 3.39. The molecule has 0 aliphatic carbocycles. The maximum Gasteiger partial charge on any atom is 0.253 e.